The lowest BCUT2D eigenvalue weighted by atomic mass is 10.1. The number of aromatic nitrogens is 1. The third kappa shape index (κ3) is 5.13. The van der Waals surface area contributed by atoms with Gasteiger partial charge >= 0.3 is 6.03 Å². The molecule has 132 valence electrons. The van der Waals surface area contributed by atoms with Crippen LogP contribution in [-0.2, 0) is 0 Å². The minimum atomic E-state index is -0.114. The number of nitrogens with zero attached hydrogens (tertiary/aromatic N) is 2. The van der Waals surface area contributed by atoms with E-state index in [1.165, 1.54) is 19.0 Å². The molecule has 3 N–H and O–H groups in total. The topological polar surface area (TPSA) is 69.3 Å². The molecule has 6 nitrogen and oxygen atoms in total. The van der Waals surface area contributed by atoms with E-state index in [0.717, 1.165) is 32.0 Å². The Morgan fingerprint density at radius 3 is 2.62 bits per heavy atom. The van der Waals surface area contributed by atoms with Gasteiger partial charge in [0.05, 0.1) is 10.0 Å². The normalized spacial score (nSPS) is 19.1. The monoisotopic (exact) mass is 371 g/mol. The van der Waals surface area contributed by atoms with E-state index in [1.54, 1.807) is 6.07 Å². The van der Waals surface area contributed by atoms with Crippen LogP contribution in [0.3, 0.4) is 0 Å². The maximum absolute atomic E-state index is 11.9. The lowest BCUT2D eigenvalue weighted by Gasteiger charge is -2.32. The molecule has 0 spiro atoms. The van der Waals surface area contributed by atoms with Crippen molar-refractivity contribution in [3.63, 3.8) is 0 Å². The molecule has 0 aromatic carbocycles. The van der Waals surface area contributed by atoms with Crippen LogP contribution >= 0.6 is 23.2 Å². The maximum atomic E-state index is 11.9. The maximum Gasteiger partial charge on any atom is 0.315 e. The fourth-order valence-corrected chi connectivity index (χ4v) is 3.43. The molecule has 8 heteroatoms. The highest BCUT2D eigenvalue weighted by atomic mass is 35.5. The van der Waals surface area contributed by atoms with Crippen LogP contribution in [0.1, 0.15) is 25.7 Å². The third-order valence-electron chi connectivity index (χ3n) is 4.44. The lowest BCUT2D eigenvalue weighted by Crippen LogP contribution is -2.48. The van der Waals surface area contributed by atoms with Crippen molar-refractivity contribution in [1.82, 2.24) is 20.5 Å². The summed E-state index contributed by atoms with van der Waals surface area (Å²) in [6.07, 6.45) is 6.29. The zero-order valence-corrected chi connectivity index (χ0v) is 15.0. The van der Waals surface area contributed by atoms with Crippen LogP contribution in [0, 0.1) is 0 Å². The van der Waals surface area contributed by atoms with Crippen molar-refractivity contribution in [1.29, 1.82) is 0 Å². The van der Waals surface area contributed by atoms with Crippen LogP contribution in [0.15, 0.2) is 12.3 Å². The highest BCUT2D eigenvalue weighted by Gasteiger charge is 2.31. The number of piperidine rings is 1. The molecule has 0 bridgehead atoms. The second-order valence-corrected chi connectivity index (χ2v) is 7.20. The van der Waals surface area contributed by atoms with E-state index in [4.69, 9.17) is 23.2 Å². The van der Waals surface area contributed by atoms with Gasteiger partial charge in [0.2, 0.25) is 0 Å². The van der Waals surface area contributed by atoms with Crippen molar-refractivity contribution in [2.75, 3.05) is 31.5 Å². The van der Waals surface area contributed by atoms with E-state index in [1.807, 2.05) is 0 Å². The molecule has 0 unspecified atom stereocenters. The summed E-state index contributed by atoms with van der Waals surface area (Å²) in [5.74, 6) is 0.565. The second kappa shape index (κ2) is 8.23. The lowest BCUT2D eigenvalue weighted by molar-refractivity contribution is 0.186. The summed E-state index contributed by atoms with van der Waals surface area (Å²) in [5.41, 5.74) is 0. The van der Waals surface area contributed by atoms with Gasteiger partial charge in [0.25, 0.3) is 0 Å². The van der Waals surface area contributed by atoms with Gasteiger partial charge in [-0.25, -0.2) is 9.78 Å². The van der Waals surface area contributed by atoms with Crippen LogP contribution in [0.5, 0.6) is 0 Å². The molecule has 2 heterocycles. The highest BCUT2D eigenvalue weighted by Crippen LogP contribution is 2.29. The van der Waals surface area contributed by atoms with Gasteiger partial charge in [0, 0.05) is 44.5 Å². The van der Waals surface area contributed by atoms with Crippen LogP contribution < -0.4 is 16.0 Å². The summed E-state index contributed by atoms with van der Waals surface area (Å²) in [6.45, 7) is 3.23. The first-order valence-electron chi connectivity index (χ1n) is 8.45. The molecule has 1 saturated carbocycles. The Morgan fingerprint density at radius 2 is 1.96 bits per heavy atom. The fraction of sp³-hybridized carbons (Fsp3) is 0.625. The van der Waals surface area contributed by atoms with Gasteiger partial charge in [0.15, 0.2) is 0 Å². The van der Waals surface area contributed by atoms with Gasteiger partial charge in [-0.15, -0.1) is 0 Å². The van der Waals surface area contributed by atoms with Crippen molar-refractivity contribution < 1.29 is 4.79 Å². The average Bonchev–Trinajstić information content (AvgIpc) is 3.39. The van der Waals surface area contributed by atoms with E-state index < -0.39 is 0 Å². The van der Waals surface area contributed by atoms with Crippen molar-refractivity contribution in [3.8, 4) is 0 Å². The molecule has 0 atom stereocenters. The summed E-state index contributed by atoms with van der Waals surface area (Å²) in [5, 5.41) is 9.94. The van der Waals surface area contributed by atoms with Gasteiger partial charge in [0.1, 0.15) is 5.82 Å². The minimum Gasteiger partial charge on any atom is -0.367 e. The SMILES string of the molecule is O=C(NCCNc1ncc(Cl)cc1Cl)NC1CCN(C2CC2)CC1. The highest BCUT2D eigenvalue weighted by molar-refractivity contribution is 6.35. The second-order valence-electron chi connectivity index (χ2n) is 6.35. The number of hydrogen-bond donors (Lipinski definition) is 3. The van der Waals surface area contributed by atoms with E-state index in [2.05, 4.69) is 25.8 Å². The molecule has 24 heavy (non-hydrogen) atoms. The Balaban J connectivity index is 1.30. The third-order valence-corrected chi connectivity index (χ3v) is 4.93. The van der Waals surface area contributed by atoms with Gasteiger partial charge in [-0.1, -0.05) is 23.2 Å². The Labute approximate surface area is 152 Å². The van der Waals surface area contributed by atoms with E-state index in [-0.39, 0.29) is 12.1 Å². The molecule has 2 aliphatic rings. The molecule has 1 aromatic rings. The first-order chi connectivity index (χ1) is 11.6. The van der Waals surface area contributed by atoms with E-state index >= 15 is 0 Å². The zero-order chi connectivity index (χ0) is 16.9. The zero-order valence-electron chi connectivity index (χ0n) is 13.5. The number of nitrogens with one attached hydrogen (secondary N) is 3. The van der Waals surface area contributed by atoms with Crippen molar-refractivity contribution in [3.05, 3.63) is 22.3 Å². The molecule has 0 radical (unpaired) electrons. The predicted molar refractivity (Wildman–Crippen MR) is 96.9 cm³/mol. The quantitative estimate of drug-likeness (QED) is 0.672. The Hall–Kier alpha value is -1.24. The fourth-order valence-electron chi connectivity index (χ4n) is 2.99. The number of hydrogen-bond acceptors (Lipinski definition) is 4. The summed E-state index contributed by atoms with van der Waals surface area (Å²) >= 11 is 11.8. The number of anilines is 1. The number of halogens is 2. The van der Waals surface area contributed by atoms with Crippen molar-refractivity contribution >= 4 is 35.1 Å². The number of rotatable bonds is 6. The number of carbonyl (C=O) groups excluding carboxylic acids is 1. The molecule has 2 amide bonds. The summed E-state index contributed by atoms with van der Waals surface area (Å²) < 4.78 is 0. The minimum absolute atomic E-state index is 0.114. The molecule has 2 fully saturated rings. The van der Waals surface area contributed by atoms with Crippen LogP contribution in [0.25, 0.3) is 0 Å². The van der Waals surface area contributed by atoms with E-state index in [0.29, 0.717) is 29.0 Å². The first kappa shape index (κ1) is 17.6. The Morgan fingerprint density at radius 1 is 1.21 bits per heavy atom. The molecular weight excluding hydrogens is 349 g/mol. The van der Waals surface area contributed by atoms with Crippen molar-refractivity contribution in [2.45, 2.75) is 37.8 Å². The molecule has 1 saturated heterocycles. The van der Waals surface area contributed by atoms with Gasteiger partial charge in [-0.2, -0.15) is 0 Å². The molecular formula is C16H23Cl2N5O. The summed E-state index contributed by atoms with van der Waals surface area (Å²) in [7, 11) is 0. The molecule has 1 aliphatic carbocycles. The molecule has 1 aliphatic heterocycles. The first-order valence-corrected chi connectivity index (χ1v) is 9.21. The summed E-state index contributed by atoms with van der Waals surface area (Å²) in [4.78, 5) is 18.6. The van der Waals surface area contributed by atoms with Crippen LogP contribution in [0.2, 0.25) is 10.0 Å². The predicted octanol–water partition coefficient (Wildman–Crippen LogP) is 2.73. The van der Waals surface area contributed by atoms with Crippen molar-refractivity contribution in [2.24, 2.45) is 0 Å². The standard InChI is InChI=1S/C16H23Cl2N5O/c17-11-9-14(18)15(21-10-11)19-5-6-20-16(24)22-12-3-7-23(8-4-12)13-1-2-13/h9-10,12-13H,1-8H2,(H,19,21)(H2,20,22,24). The average molecular weight is 372 g/mol. The van der Waals surface area contributed by atoms with Gasteiger partial charge in [-0.05, 0) is 31.7 Å². The van der Waals surface area contributed by atoms with E-state index in [9.17, 15) is 4.79 Å². The smallest absolute Gasteiger partial charge is 0.315 e. The molecule has 3 rings (SSSR count). The number of amides is 2. The van der Waals surface area contributed by atoms with Gasteiger partial charge < -0.3 is 20.9 Å². The van der Waals surface area contributed by atoms with Gasteiger partial charge in [-0.3, -0.25) is 0 Å². The summed E-state index contributed by atoms with van der Waals surface area (Å²) in [6, 6.07) is 2.61. The van der Waals surface area contributed by atoms with Crippen LogP contribution in [-0.4, -0.2) is 54.2 Å². The number of carbonyl (C=O) groups is 1. The molecule has 1 aromatic heterocycles. The van der Waals surface area contributed by atoms with Crippen LogP contribution in [0.4, 0.5) is 10.6 Å². The largest absolute Gasteiger partial charge is 0.367 e. The number of likely N-dealkylation sites (tertiary alicyclic amines) is 1. The Kier molecular flexibility index (Phi) is 6.03. The number of urea groups is 1. The Bertz CT molecular complexity index is 574. The number of pyridine rings is 1.